The van der Waals surface area contributed by atoms with E-state index in [0.29, 0.717) is 5.75 Å². The van der Waals surface area contributed by atoms with Gasteiger partial charge in [0, 0.05) is 18.2 Å². The van der Waals surface area contributed by atoms with E-state index < -0.39 is 5.60 Å². The van der Waals surface area contributed by atoms with Gasteiger partial charge in [0.1, 0.15) is 6.10 Å². The van der Waals surface area contributed by atoms with Gasteiger partial charge in [0.05, 0.1) is 22.6 Å². The van der Waals surface area contributed by atoms with Crippen molar-refractivity contribution in [2.45, 2.75) is 66.8 Å². The van der Waals surface area contributed by atoms with Crippen molar-refractivity contribution in [3.05, 3.63) is 23.3 Å². The number of likely N-dealkylation sites (N-methyl/N-ethyl adjacent to an activating group) is 1. The molecule has 1 aromatic rings. The number of nitrogens with one attached hydrogen (secondary N) is 1. The van der Waals surface area contributed by atoms with Crippen LogP contribution in [0.3, 0.4) is 0 Å². The van der Waals surface area contributed by atoms with Gasteiger partial charge in [0.2, 0.25) is 0 Å². The number of piperidine rings is 1. The maximum atomic E-state index is 12.0. The Morgan fingerprint density at radius 2 is 2.16 bits per heavy atom. The smallest absolute Gasteiger partial charge is 0.165 e. The van der Waals surface area contributed by atoms with Gasteiger partial charge in [-0.1, -0.05) is 6.07 Å². The molecule has 4 aliphatic carbocycles. The third kappa shape index (κ3) is 1.16. The average Bonchev–Trinajstić information content (AvgIpc) is 3.43. The minimum atomic E-state index is -0.716. The number of rotatable bonds is 3. The fourth-order valence-electron chi connectivity index (χ4n) is 7.43. The second-order valence-corrected chi connectivity index (χ2v) is 9.30. The van der Waals surface area contributed by atoms with E-state index in [0.717, 1.165) is 37.3 Å². The van der Waals surface area contributed by atoms with Crippen molar-refractivity contribution in [2.24, 2.45) is 5.92 Å². The number of phenols is 1. The molecule has 25 heavy (non-hydrogen) atoms. The average molecular weight is 340 g/mol. The number of hydrogen-bond acceptors (Lipinski definition) is 5. The summed E-state index contributed by atoms with van der Waals surface area (Å²) in [7, 11) is 1.98. The van der Waals surface area contributed by atoms with Crippen molar-refractivity contribution < 1.29 is 14.9 Å². The third-order valence-corrected chi connectivity index (χ3v) is 8.49. The van der Waals surface area contributed by atoms with Crippen molar-refractivity contribution in [1.29, 1.82) is 0 Å². The van der Waals surface area contributed by atoms with Crippen molar-refractivity contribution in [3.8, 4) is 11.5 Å². The van der Waals surface area contributed by atoms with E-state index in [9.17, 15) is 10.2 Å². The minimum Gasteiger partial charge on any atom is -0.504 e. The molecule has 132 valence electrons. The van der Waals surface area contributed by atoms with Gasteiger partial charge in [-0.2, -0.15) is 0 Å². The van der Waals surface area contributed by atoms with Gasteiger partial charge in [0.15, 0.2) is 11.5 Å². The molecule has 1 saturated heterocycles. The van der Waals surface area contributed by atoms with Crippen LogP contribution in [0.1, 0.15) is 43.2 Å². The largest absolute Gasteiger partial charge is 0.504 e. The third-order valence-electron chi connectivity index (χ3n) is 8.49. The van der Waals surface area contributed by atoms with Crippen molar-refractivity contribution in [2.75, 3.05) is 13.6 Å². The maximum Gasteiger partial charge on any atom is 0.165 e. The number of hydrogen-bond donors (Lipinski definition) is 3. The molecule has 0 aromatic heterocycles. The van der Waals surface area contributed by atoms with Crippen LogP contribution in [0.2, 0.25) is 0 Å². The first-order chi connectivity index (χ1) is 12.1. The number of aliphatic hydroxyl groups is 1. The van der Waals surface area contributed by atoms with Gasteiger partial charge in [-0.05, 0) is 56.7 Å². The molecule has 0 radical (unpaired) electrons. The first kappa shape index (κ1) is 13.8. The van der Waals surface area contributed by atoms with Gasteiger partial charge in [0.25, 0.3) is 0 Å². The summed E-state index contributed by atoms with van der Waals surface area (Å²) in [6.07, 6.45) is 5.30. The molecular formula is C20H24N2O3. The Hall–Kier alpha value is -1.30. The summed E-state index contributed by atoms with van der Waals surface area (Å²) in [5.41, 5.74) is 1.41. The quantitative estimate of drug-likeness (QED) is 0.722. The summed E-state index contributed by atoms with van der Waals surface area (Å²) in [5, 5.41) is 25.9. The molecule has 4 fully saturated rings. The Bertz CT molecular complexity index is 838. The normalized spacial score (nSPS) is 52.7. The van der Waals surface area contributed by atoms with Gasteiger partial charge < -0.3 is 20.3 Å². The van der Waals surface area contributed by atoms with E-state index in [4.69, 9.17) is 4.74 Å². The Morgan fingerprint density at radius 1 is 1.32 bits per heavy atom. The van der Waals surface area contributed by atoms with E-state index in [1.165, 1.54) is 18.4 Å². The number of fused-ring (bicyclic) bond motifs is 1. The lowest BCUT2D eigenvalue weighted by molar-refractivity contribution is -0.113. The molecule has 7 rings (SSSR count). The molecule has 3 saturated carbocycles. The first-order valence-electron chi connectivity index (χ1n) is 9.78. The van der Waals surface area contributed by atoms with E-state index in [2.05, 4.69) is 16.3 Å². The molecule has 0 amide bonds. The summed E-state index contributed by atoms with van der Waals surface area (Å²) in [6, 6.07) is 4.38. The number of nitrogens with zero attached hydrogens (tertiary/aromatic N) is 1. The van der Waals surface area contributed by atoms with Crippen LogP contribution < -0.4 is 10.1 Å². The number of phenolic OH excluding ortho intramolecular Hbond substituents is 1. The van der Waals surface area contributed by atoms with Crippen LogP contribution >= 0.6 is 0 Å². The molecule has 7 atom stereocenters. The van der Waals surface area contributed by atoms with Crippen LogP contribution in [0.25, 0.3) is 0 Å². The van der Waals surface area contributed by atoms with Crippen LogP contribution in [0.5, 0.6) is 11.5 Å². The first-order valence-corrected chi connectivity index (χ1v) is 9.78. The van der Waals surface area contributed by atoms with Crippen LogP contribution in [0, 0.1) is 5.92 Å². The standard InChI is InChI=1S/C20H24N2O3/c1-21-12-6-7-20(24)17-19(22(17)8-10-2-3-10)9-18(20)14-11(19)4-5-13(23)15(14)25-16(12)18/h4-5,10,12,16-17,21,23-24H,2-3,6-9H2,1H3/t12-,16-,17+,18-,19?,20+,22?/m0/s1. The van der Waals surface area contributed by atoms with Gasteiger partial charge in [-0.3, -0.25) is 4.90 Å². The van der Waals surface area contributed by atoms with E-state index in [1.54, 1.807) is 6.07 Å². The zero-order valence-corrected chi connectivity index (χ0v) is 14.5. The molecule has 6 aliphatic rings. The van der Waals surface area contributed by atoms with Crippen LogP contribution in [-0.2, 0) is 11.0 Å². The highest BCUT2D eigenvalue weighted by molar-refractivity contribution is 5.72. The Labute approximate surface area is 147 Å². The van der Waals surface area contributed by atoms with E-state index in [1.807, 2.05) is 7.05 Å². The fourth-order valence-corrected chi connectivity index (χ4v) is 7.43. The zero-order valence-electron chi connectivity index (χ0n) is 14.5. The van der Waals surface area contributed by atoms with Crippen molar-refractivity contribution in [3.63, 3.8) is 0 Å². The molecule has 2 unspecified atom stereocenters. The van der Waals surface area contributed by atoms with Crippen molar-refractivity contribution >= 4 is 0 Å². The lowest BCUT2D eigenvalue weighted by atomic mass is 9.58. The molecule has 5 nitrogen and oxygen atoms in total. The number of likely N-dealkylation sites (tertiary alicyclic amines) is 1. The van der Waals surface area contributed by atoms with Crippen molar-refractivity contribution in [1.82, 2.24) is 10.2 Å². The number of aromatic hydroxyl groups is 1. The van der Waals surface area contributed by atoms with Gasteiger partial charge in [-0.25, -0.2) is 0 Å². The van der Waals surface area contributed by atoms with E-state index in [-0.39, 0.29) is 34.9 Å². The predicted molar refractivity (Wildman–Crippen MR) is 90.7 cm³/mol. The lowest BCUT2D eigenvalue weighted by Gasteiger charge is -2.51. The van der Waals surface area contributed by atoms with Gasteiger partial charge >= 0.3 is 0 Å². The predicted octanol–water partition coefficient (Wildman–Crippen LogP) is 1.21. The summed E-state index contributed by atoms with van der Waals surface area (Å²) in [4.78, 5) is 2.59. The van der Waals surface area contributed by atoms with E-state index >= 15 is 0 Å². The fraction of sp³-hybridized carbons (Fsp3) is 0.700. The monoisotopic (exact) mass is 340 g/mol. The minimum absolute atomic E-state index is 0.000214. The highest BCUT2D eigenvalue weighted by Gasteiger charge is 2.91. The molecule has 2 bridgehead atoms. The zero-order chi connectivity index (χ0) is 16.8. The highest BCUT2D eigenvalue weighted by Crippen LogP contribution is 2.82. The molecule has 3 N–H and O–H groups in total. The summed E-state index contributed by atoms with van der Waals surface area (Å²) < 4.78 is 6.35. The van der Waals surface area contributed by atoms with Crippen LogP contribution in [0.15, 0.2) is 12.1 Å². The van der Waals surface area contributed by atoms with Gasteiger partial charge in [-0.15, -0.1) is 0 Å². The Morgan fingerprint density at radius 3 is 2.92 bits per heavy atom. The molecule has 5 heteroatoms. The SMILES string of the molecule is CN[C@H]1CC[C@@]2(O)[C@@H]3N(CC4CC4)C34C[C@@]23c2c4ccc(O)c2O[C@@H]13. The second kappa shape index (κ2) is 3.71. The van der Waals surface area contributed by atoms with Crippen LogP contribution in [0.4, 0.5) is 0 Å². The number of benzene rings is 1. The summed E-state index contributed by atoms with van der Waals surface area (Å²) >= 11 is 0. The molecule has 2 spiro atoms. The lowest BCUT2D eigenvalue weighted by Crippen LogP contribution is -2.67. The maximum absolute atomic E-state index is 12.0. The Balaban J connectivity index is 1.49. The highest BCUT2D eigenvalue weighted by atomic mass is 16.5. The molecule has 1 aromatic carbocycles. The molecule has 2 aliphatic heterocycles. The molecular weight excluding hydrogens is 316 g/mol. The Kier molecular flexibility index (Phi) is 2.05. The van der Waals surface area contributed by atoms with Crippen LogP contribution in [-0.4, -0.2) is 52.5 Å². The number of ether oxygens (including phenoxy) is 1. The second-order valence-electron chi connectivity index (χ2n) is 9.30. The molecule has 2 heterocycles. The topological polar surface area (TPSA) is 64.7 Å². The summed E-state index contributed by atoms with van der Waals surface area (Å²) in [5.74, 6) is 1.70. The summed E-state index contributed by atoms with van der Waals surface area (Å²) in [6.45, 7) is 1.12.